The molecule has 0 aliphatic rings. The van der Waals surface area contributed by atoms with Gasteiger partial charge in [0.25, 0.3) is 0 Å². The molecule has 1 atom stereocenters. The predicted molar refractivity (Wildman–Crippen MR) is 102 cm³/mol. The number of aromatic nitrogens is 3. The van der Waals surface area contributed by atoms with Crippen molar-refractivity contribution in [1.82, 2.24) is 20.1 Å². The van der Waals surface area contributed by atoms with Gasteiger partial charge in [-0.2, -0.15) is 5.10 Å². The number of nitrogens with zero attached hydrogens (tertiary/aromatic N) is 3. The second kappa shape index (κ2) is 8.27. The van der Waals surface area contributed by atoms with Gasteiger partial charge in [0.1, 0.15) is 0 Å². The van der Waals surface area contributed by atoms with Crippen LogP contribution in [0.15, 0.2) is 61.1 Å². The summed E-state index contributed by atoms with van der Waals surface area (Å²) < 4.78 is 1.54. The predicted octanol–water partition coefficient (Wildman–Crippen LogP) is 2.16. The van der Waals surface area contributed by atoms with E-state index in [1.165, 1.54) is 6.20 Å². The fourth-order valence-electron chi connectivity index (χ4n) is 2.67. The third-order valence-corrected chi connectivity index (χ3v) is 4.08. The van der Waals surface area contributed by atoms with Gasteiger partial charge in [0.2, 0.25) is 0 Å². The molecular formula is C20H21N5O2. The molecule has 27 heavy (non-hydrogen) atoms. The van der Waals surface area contributed by atoms with Crippen LogP contribution in [0.5, 0.6) is 0 Å². The van der Waals surface area contributed by atoms with Crippen molar-refractivity contribution in [1.29, 1.82) is 0 Å². The third-order valence-electron chi connectivity index (χ3n) is 4.08. The molecule has 0 fully saturated rings. The Morgan fingerprint density at radius 1 is 1.11 bits per heavy atom. The number of carbonyl (C=O) groups is 2. The van der Waals surface area contributed by atoms with Crippen molar-refractivity contribution in [2.75, 3.05) is 5.32 Å². The Hall–Kier alpha value is -3.48. The lowest BCUT2D eigenvalue weighted by Crippen LogP contribution is -2.38. The number of hydrogen-bond acceptors (Lipinski definition) is 4. The average Bonchev–Trinajstić information content (AvgIpc) is 3.08. The number of aryl methyl sites for hydroxylation is 2. The first-order chi connectivity index (χ1) is 13.0. The molecule has 0 aliphatic heterocycles. The Bertz CT molecular complexity index is 919. The lowest BCUT2D eigenvalue weighted by atomic mass is 10.0. The molecule has 3 rings (SSSR count). The molecule has 3 aromatic rings. The van der Waals surface area contributed by atoms with Crippen LogP contribution in [-0.4, -0.2) is 26.6 Å². The molecule has 138 valence electrons. The van der Waals surface area contributed by atoms with Crippen LogP contribution in [0.1, 0.15) is 22.9 Å². The zero-order valence-corrected chi connectivity index (χ0v) is 15.2. The number of nitrogens with one attached hydrogen (secondary N) is 2. The third kappa shape index (κ3) is 5.01. The topological polar surface area (TPSA) is 88.9 Å². The van der Waals surface area contributed by atoms with Crippen molar-refractivity contribution in [3.8, 4) is 0 Å². The molecule has 0 saturated heterocycles. The van der Waals surface area contributed by atoms with Crippen molar-refractivity contribution in [3.05, 3.63) is 77.9 Å². The molecular weight excluding hydrogens is 342 g/mol. The Morgan fingerprint density at radius 2 is 1.89 bits per heavy atom. The number of anilines is 1. The Morgan fingerprint density at radius 3 is 2.52 bits per heavy atom. The molecule has 0 spiro atoms. The molecule has 1 aromatic carbocycles. The SMILES string of the molecule is Cc1ccc(C[C@H](NC(=O)C(=O)Nc2cnn(C)c2)c2ccccn2)cc1. The van der Waals surface area contributed by atoms with E-state index in [0.717, 1.165) is 11.1 Å². The summed E-state index contributed by atoms with van der Waals surface area (Å²) in [6.07, 6.45) is 5.30. The molecule has 2 aromatic heterocycles. The Balaban J connectivity index is 1.73. The fraction of sp³-hybridized carbons (Fsp3) is 0.200. The Labute approximate surface area is 157 Å². The highest BCUT2D eigenvalue weighted by Gasteiger charge is 2.21. The highest BCUT2D eigenvalue weighted by Crippen LogP contribution is 2.17. The first-order valence-electron chi connectivity index (χ1n) is 8.58. The molecule has 0 unspecified atom stereocenters. The van der Waals surface area contributed by atoms with Crippen molar-refractivity contribution in [2.45, 2.75) is 19.4 Å². The van der Waals surface area contributed by atoms with Crippen LogP contribution in [0.25, 0.3) is 0 Å². The van der Waals surface area contributed by atoms with Crippen molar-refractivity contribution in [3.63, 3.8) is 0 Å². The highest BCUT2D eigenvalue weighted by atomic mass is 16.2. The van der Waals surface area contributed by atoms with Crippen LogP contribution < -0.4 is 10.6 Å². The summed E-state index contributed by atoms with van der Waals surface area (Å²) in [4.78, 5) is 28.9. The van der Waals surface area contributed by atoms with E-state index in [9.17, 15) is 9.59 Å². The van der Waals surface area contributed by atoms with Crippen LogP contribution >= 0.6 is 0 Å². The van der Waals surface area contributed by atoms with E-state index in [1.807, 2.05) is 49.4 Å². The van der Waals surface area contributed by atoms with E-state index < -0.39 is 17.9 Å². The second-order valence-corrected chi connectivity index (χ2v) is 6.33. The van der Waals surface area contributed by atoms with E-state index in [4.69, 9.17) is 0 Å². The lowest BCUT2D eigenvalue weighted by Gasteiger charge is -2.18. The quantitative estimate of drug-likeness (QED) is 0.680. The van der Waals surface area contributed by atoms with Crippen molar-refractivity contribution < 1.29 is 9.59 Å². The van der Waals surface area contributed by atoms with Gasteiger partial charge >= 0.3 is 11.8 Å². The van der Waals surface area contributed by atoms with Gasteiger partial charge in [0, 0.05) is 19.4 Å². The van der Waals surface area contributed by atoms with Crippen LogP contribution in [0, 0.1) is 6.92 Å². The molecule has 7 nitrogen and oxygen atoms in total. The molecule has 7 heteroatoms. The first-order valence-corrected chi connectivity index (χ1v) is 8.58. The Kier molecular flexibility index (Phi) is 5.61. The van der Waals surface area contributed by atoms with E-state index in [1.54, 1.807) is 24.1 Å². The molecule has 0 saturated carbocycles. The van der Waals surface area contributed by atoms with Gasteiger partial charge in [-0.25, -0.2) is 0 Å². The minimum Gasteiger partial charge on any atom is -0.339 e. The van der Waals surface area contributed by atoms with Gasteiger partial charge in [-0.05, 0) is 31.0 Å². The summed E-state index contributed by atoms with van der Waals surface area (Å²) in [6, 6.07) is 13.1. The van der Waals surface area contributed by atoms with Crippen LogP contribution in [0.4, 0.5) is 5.69 Å². The zero-order valence-electron chi connectivity index (χ0n) is 15.2. The number of benzene rings is 1. The molecule has 0 bridgehead atoms. The molecule has 0 radical (unpaired) electrons. The highest BCUT2D eigenvalue weighted by molar-refractivity contribution is 6.39. The number of carbonyl (C=O) groups excluding carboxylic acids is 2. The van der Waals surface area contributed by atoms with Gasteiger partial charge in [-0.15, -0.1) is 0 Å². The number of rotatable bonds is 5. The van der Waals surface area contributed by atoms with Gasteiger partial charge in [0.05, 0.1) is 23.6 Å². The molecule has 2 amide bonds. The van der Waals surface area contributed by atoms with Gasteiger partial charge in [-0.3, -0.25) is 19.3 Å². The molecule has 2 N–H and O–H groups in total. The summed E-state index contributed by atoms with van der Waals surface area (Å²) in [5.41, 5.74) is 3.36. The largest absolute Gasteiger partial charge is 0.339 e. The fourth-order valence-corrected chi connectivity index (χ4v) is 2.67. The van der Waals surface area contributed by atoms with E-state index in [-0.39, 0.29) is 0 Å². The van der Waals surface area contributed by atoms with E-state index in [2.05, 4.69) is 20.7 Å². The summed E-state index contributed by atoms with van der Waals surface area (Å²) in [7, 11) is 1.73. The zero-order chi connectivity index (χ0) is 19.2. The monoisotopic (exact) mass is 363 g/mol. The van der Waals surface area contributed by atoms with Crippen LogP contribution in [-0.2, 0) is 23.1 Å². The lowest BCUT2D eigenvalue weighted by molar-refractivity contribution is -0.136. The van der Waals surface area contributed by atoms with E-state index in [0.29, 0.717) is 17.8 Å². The second-order valence-electron chi connectivity index (χ2n) is 6.33. The maximum absolute atomic E-state index is 12.4. The number of amides is 2. The normalized spacial score (nSPS) is 11.6. The standard InChI is InChI=1S/C20H21N5O2/c1-14-6-8-15(9-7-14)11-18(17-5-3-4-10-21-17)24-20(27)19(26)23-16-12-22-25(2)13-16/h3-10,12-13,18H,11H2,1-2H3,(H,23,26)(H,24,27)/t18-/m0/s1. The minimum absolute atomic E-state index is 0.416. The molecule has 0 aliphatic carbocycles. The van der Waals surface area contributed by atoms with Crippen molar-refractivity contribution >= 4 is 17.5 Å². The van der Waals surface area contributed by atoms with Gasteiger partial charge in [0.15, 0.2) is 0 Å². The summed E-state index contributed by atoms with van der Waals surface area (Å²) >= 11 is 0. The first kappa shape index (κ1) is 18.3. The molecule has 2 heterocycles. The maximum atomic E-state index is 12.4. The number of hydrogen-bond donors (Lipinski definition) is 2. The van der Waals surface area contributed by atoms with E-state index >= 15 is 0 Å². The van der Waals surface area contributed by atoms with Crippen LogP contribution in [0.3, 0.4) is 0 Å². The van der Waals surface area contributed by atoms with Gasteiger partial charge < -0.3 is 10.6 Å². The minimum atomic E-state index is -0.743. The van der Waals surface area contributed by atoms with Crippen LogP contribution in [0.2, 0.25) is 0 Å². The number of pyridine rings is 1. The maximum Gasteiger partial charge on any atom is 0.313 e. The van der Waals surface area contributed by atoms with Crippen molar-refractivity contribution in [2.24, 2.45) is 7.05 Å². The summed E-state index contributed by atoms with van der Waals surface area (Å²) in [5.74, 6) is -1.46. The summed E-state index contributed by atoms with van der Waals surface area (Å²) in [5, 5.41) is 9.28. The van der Waals surface area contributed by atoms with Gasteiger partial charge in [-0.1, -0.05) is 35.9 Å². The average molecular weight is 363 g/mol. The smallest absolute Gasteiger partial charge is 0.313 e. The summed E-state index contributed by atoms with van der Waals surface area (Å²) in [6.45, 7) is 2.02.